The average molecular weight is 320 g/mol. The van der Waals surface area contributed by atoms with Crippen molar-refractivity contribution in [2.45, 2.75) is 59.7 Å². The minimum Gasteiger partial charge on any atom is -0.444 e. The monoisotopic (exact) mass is 320 g/mol. The molecule has 0 unspecified atom stereocenters. The highest BCUT2D eigenvalue weighted by atomic mass is 16.6. The molecule has 0 bridgehead atoms. The predicted octanol–water partition coefficient (Wildman–Crippen LogP) is 3.24. The van der Waals surface area contributed by atoms with Gasteiger partial charge in [-0.15, -0.1) is 0 Å². The highest BCUT2D eigenvalue weighted by Gasteiger charge is 2.33. The summed E-state index contributed by atoms with van der Waals surface area (Å²) in [5.74, 6) is -0.229. The fourth-order valence-electron chi connectivity index (χ4n) is 1.99. The molecule has 0 aliphatic rings. The molecule has 1 aromatic carbocycles. The van der Waals surface area contributed by atoms with Crippen LogP contribution in [0.15, 0.2) is 30.3 Å². The van der Waals surface area contributed by atoms with Crippen LogP contribution in [0.5, 0.6) is 0 Å². The SMILES string of the molecule is CC(C)(C)OC(=O)N[C@@H](C(=O)NCc1ccccc1)C(C)(C)C. The second-order valence-corrected chi connectivity index (χ2v) is 7.65. The molecule has 0 heterocycles. The molecule has 0 fully saturated rings. The zero-order chi connectivity index (χ0) is 17.7. The van der Waals surface area contributed by atoms with Crippen LogP contribution in [-0.4, -0.2) is 23.6 Å². The van der Waals surface area contributed by atoms with Crippen LogP contribution in [-0.2, 0) is 16.1 Å². The summed E-state index contributed by atoms with van der Waals surface area (Å²) in [7, 11) is 0. The Labute approximate surface area is 138 Å². The van der Waals surface area contributed by atoms with E-state index in [1.54, 1.807) is 20.8 Å². The van der Waals surface area contributed by atoms with E-state index in [2.05, 4.69) is 10.6 Å². The van der Waals surface area contributed by atoms with Crippen molar-refractivity contribution in [1.82, 2.24) is 10.6 Å². The maximum atomic E-state index is 12.5. The van der Waals surface area contributed by atoms with E-state index in [-0.39, 0.29) is 5.91 Å². The Bertz CT molecular complexity index is 527. The summed E-state index contributed by atoms with van der Waals surface area (Å²) >= 11 is 0. The summed E-state index contributed by atoms with van der Waals surface area (Å²) in [5.41, 5.74) is -0.0316. The standard InChI is InChI=1S/C18H28N2O3/c1-17(2,3)14(20-16(22)23-18(4,5)6)15(21)19-12-13-10-8-7-9-11-13/h7-11,14H,12H2,1-6H3,(H,19,21)(H,20,22)/t14-/m0/s1. The fraction of sp³-hybridized carbons (Fsp3) is 0.556. The zero-order valence-electron chi connectivity index (χ0n) is 14.9. The van der Waals surface area contributed by atoms with E-state index in [0.29, 0.717) is 6.54 Å². The van der Waals surface area contributed by atoms with Crippen LogP contribution in [0.1, 0.15) is 47.1 Å². The molecule has 2 amide bonds. The van der Waals surface area contributed by atoms with Crippen molar-refractivity contribution < 1.29 is 14.3 Å². The van der Waals surface area contributed by atoms with Gasteiger partial charge in [-0.25, -0.2) is 4.79 Å². The first-order valence-corrected chi connectivity index (χ1v) is 7.80. The Morgan fingerprint density at radius 1 is 1.04 bits per heavy atom. The van der Waals surface area contributed by atoms with E-state index in [1.165, 1.54) is 0 Å². The average Bonchev–Trinajstić information content (AvgIpc) is 2.40. The Hall–Kier alpha value is -2.04. The normalized spacial score (nSPS) is 13.1. The van der Waals surface area contributed by atoms with Gasteiger partial charge in [-0.3, -0.25) is 4.79 Å². The van der Waals surface area contributed by atoms with Crippen LogP contribution in [0.4, 0.5) is 4.79 Å². The molecule has 5 nitrogen and oxygen atoms in total. The van der Waals surface area contributed by atoms with E-state index >= 15 is 0 Å². The van der Waals surface area contributed by atoms with Gasteiger partial charge < -0.3 is 15.4 Å². The summed E-state index contributed by atoms with van der Waals surface area (Å²) in [4.78, 5) is 24.5. The largest absolute Gasteiger partial charge is 0.444 e. The third kappa shape index (κ3) is 7.17. The molecule has 23 heavy (non-hydrogen) atoms. The van der Waals surface area contributed by atoms with Gasteiger partial charge in [0, 0.05) is 6.54 Å². The van der Waals surface area contributed by atoms with Gasteiger partial charge in [0.2, 0.25) is 5.91 Å². The molecule has 0 spiro atoms. The molecule has 0 aliphatic heterocycles. The van der Waals surface area contributed by atoms with Gasteiger partial charge in [-0.1, -0.05) is 51.1 Å². The lowest BCUT2D eigenvalue weighted by Gasteiger charge is -2.31. The third-order valence-electron chi connectivity index (χ3n) is 3.10. The van der Waals surface area contributed by atoms with Crippen molar-refractivity contribution in [2.24, 2.45) is 5.41 Å². The predicted molar refractivity (Wildman–Crippen MR) is 90.9 cm³/mol. The first kappa shape index (κ1) is 19.0. The molecule has 0 saturated carbocycles. The lowest BCUT2D eigenvalue weighted by molar-refractivity contribution is -0.125. The Morgan fingerprint density at radius 2 is 1.61 bits per heavy atom. The number of hydrogen-bond donors (Lipinski definition) is 2. The minimum atomic E-state index is -0.680. The van der Waals surface area contributed by atoms with Crippen molar-refractivity contribution >= 4 is 12.0 Å². The van der Waals surface area contributed by atoms with Crippen LogP contribution in [0.25, 0.3) is 0 Å². The summed E-state index contributed by atoms with van der Waals surface area (Å²) in [5, 5.41) is 5.54. The van der Waals surface area contributed by atoms with E-state index in [0.717, 1.165) is 5.56 Å². The number of alkyl carbamates (subject to hydrolysis) is 1. The minimum absolute atomic E-state index is 0.229. The van der Waals surface area contributed by atoms with Gasteiger partial charge in [-0.05, 0) is 31.7 Å². The van der Waals surface area contributed by atoms with E-state index < -0.39 is 23.2 Å². The lowest BCUT2D eigenvalue weighted by atomic mass is 9.86. The van der Waals surface area contributed by atoms with Gasteiger partial charge >= 0.3 is 6.09 Å². The van der Waals surface area contributed by atoms with E-state index in [4.69, 9.17) is 4.74 Å². The first-order chi connectivity index (χ1) is 10.5. The second-order valence-electron chi connectivity index (χ2n) is 7.65. The van der Waals surface area contributed by atoms with Crippen LogP contribution >= 0.6 is 0 Å². The van der Waals surface area contributed by atoms with Gasteiger partial charge in [-0.2, -0.15) is 0 Å². The maximum Gasteiger partial charge on any atom is 0.408 e. The molecule has 0 aliphatic carbocycles. The van der Waals surface area contributed by atoms with Gasteiger partial charge in [0.25, 0.3) is 0 Å². The smallest absolute Gasteiger partial charge is 0.408 e. The van der Waals surface area contributed by atoms with Crippen molar-refractivity contribution in [3.05, 3.63) is 35.9 Å². The van der Waals surface area contributed by atoms with Crippen LogP contribution in [0.2, 0.25) is 0 Å². The number of benzene rings is 1. The van der Waals surface area contributed by atoms with Crippen molar-refractivity contribution in [3.8, 4) is 0 Å². The molecule has 1 aromatic rings. The molecular formula is C18H28N2O3. The molecule has 1 atom stereocenters. The number of amides is 2. The third-order valence-corrected chi connectivity index (χ3v) is 3.10. The zero-order valence-corrected chi connectivity index (χ0v) is 14.9. The van der Waals surface area contributed by atoms with Crippen molar-refractivity contribution in [1.29, 1.82) is 0 Å². The molecule has 128 valence electrons. The first-order valence-electron chi connectivity index (χ1n) is 7.80. The van der Waals surface area contributed by atoms with Crippen LogP contribution < -0.4 is 10.6 Å². The van der Waals surface area contributed by atoms with E-state index in [9.17, 15) is 9.59 Å². The second kappa shape index (κ2) is 7.49. The molecule has 2 N–H and O–H groups in total. The van der Waals surface area contributed by atoms with Gasteiger partial charge in [0.1, 0.15) is 11.6 Å². The summed E-state index contributed by atoms with van der Waals surface area (Å²) in [6, 6.07) is 8.96. The molecule has 0 radical (unpaired) electrons. The number of rotatable bonds is 4. The number of carbonyl (C=O) groups is 2. The van der Waals surface area contributed by atoms with Crippen LogP contribution in [0.3, 0.4) is 0 Å². The van der Waals surface area contributed by atoms with Gasteiger partial charge in [0.05, 0.1) is 0 Å². The van der Waals surface area contributed by atoms with Crippen molar-refractivity contribution in [3.63, 3.8) is 0 Å². The maximum absolute atomic E-state index is 12.5. The highest BCUT2D eigenvalue weighted by molar-refractivity contribution is 5.86. The number of hydrogen-bond acceptors (Lipinski definition) is 3. The molecule has 5 heteroatoms. The quantitative estimate of drug-likeness (QED) is 0.895. The number of ether oxygens (including phenoxy) is 1. The molecule has 0 aromatic heterocycles. The Morgan fingerprint density at radius 3 is 2.09 bits per heavy atom. The molecular weight excluding hydrogens is 292 g/mol. The Balaban J connectivity index is 2.70. The number of nitrogens with one attached hydrogen (secondary N) is 2. The lowest BCUT2D eigenvalue weighted by Crippen LogP contribution is -2.54. The number of carbonyl (C=O) groups excluding carboxylic acids is 2. The Kier molecular flexibility index (Phi) is 6.19. The van der Waals surface area contributed by atoms with Crippen LogP contribution in [0, 0.1) is 5.41 Å². The van der Waals surface area contributed by atoms with E-state index in [1.807, 2.05) is 51.1 Å². The summed E-state index contributed by atoms with van der Waals surface area (Å²) in [6.45, 7) is 11.5. The fourth-order valence-corrected chi connectivity index (χ4v) is 1.99. The molecule has 0 saturated heterocycles. The summed E-state index contributed by atoms with van der Waals surface area (Å²) < 4.78 is 5.25. The van der Waals surface area contributed by atoms with Crippen molar-refractivity contribution in [2.75, 3.05) is 0 Å². The molecule has 1 rings (SSSR count). The summed E-state index contributed by atoms with van der Waals surface area (Å²) in [6.07, 6.45) is -0.590. The van der Waals surface area contributed by atoms with Gasteiger partial charge in [0.15, 0.2) is 0 Å². The topological polar surface area (TPSA) is 67.4 Å². The highest BCUT2D eigenvalue weighted by Crippen LogP contribution is 2.20.